The molecule has 2 aromatic rings. The summed E-state index contributed by atoms with van der Waals surface area (Å²) in [5, 5.41) is 0.311. The minimum Gasteiger partial charge on any atom is -0.495 e. The van der Waals surface area contributed by atoms with Crippen molar-refractivity contribution in [3.05, 3.63) is 47.0 Å². The molecule has 0 bridgehead atoms. The summed E-state index contributed by atoms with van der Waals surface area (Å²) in [6.45, 7) is 1.89. The van der Waals surface area contributed by atoms with E-state index in [1.807, 2.05) is 6.92 Å². The van der Waals surface area contributed by atoms with Crippen molar-refractivity contribution >= 4 is 21.6 Å². The maximum absolute atomic E-state index is 12.9. The van der Waals surface area contributed by atoms with Crippen molar-refractivity contribution < 1.29 is 22.6 Å². The minimum atomic E-state index is -3.85. The van der Waals surface area contributed by atoms with E-state index in [0.717, 1.165) is 5.56 Å². The predicted octanol–water partition coefficient (Wildman–Crippen LogP) is 3.80. The topological polar surface area (TPSA) is 73.9 Å². The molecule has 0 fully saturated rings. The van der Waals surface area contributed by atoms with Crippen molar-refractivity contribution in [1.82, 2.24) is 4.72 Å². The standard InChI is InChI=1S/C18H22ClNO5S/c1-5-14(12-6-8-15(23-2)17(10-12)25-4)20-26(21,22)18-11-13(19)7-9-16(18)24-3/h6-11,14,20H,5H2,1-4H3/t14-/m0/s1. The molecule has 0 heterocycles. The van der Waals surface area contributed by atoms with E-state index in [1.165, 1.54) is 26.4 Å². The summed E-state index contributed by atoms with van der Waals surface area (Å²) in [7, 11) is 0.635. The van der Waals surface area contributed by atoms with Crippen LogP contribution in [0.5, 0.6) is 17.2 Å². The Morgan fingerprint density at radius 2 is 1.58 bits per heavy atom. The Balaban J connectivity index is 2.39. The molecule has 2 aromatic carbocycles. The van der Waals surface area contributed by atoms with E-state index in [1.54, 1.807) is 31.4 Å². The van der Waals surface area contributed by atoms with E-state index >= 15 is 0 Å². The van der Waals surface area contributed by atoms with Crippen LogP contribution >= 0.6 is 11.6 Å². The third-order valence-corrected chi connectivity index (χ3v) is 5.66. The summed E-state index contributed by atoms with van der Waals surface area (Å²) in [5.74, 6) is 1.33. The van der Waals surface area contributed by atoms with Gasteiger partial charge in [0.05, 0.1) is 21.3 Å². The van der Waals surface area contributed by atoms with Crippen LogP contribution in [-0.4, -0.2) is 29.7 Å². The van der Waals surface area contributed by atoms with Crippen LogP contribution in [0.1, 0.15) is 24.9 Å². The van der Waals surface area contributed by atoms with E-state index in [2.05, 4.69) is 4.72 Å². The van der Waals surface area contributed by atoms with Gasteiger partial charge in [-0.2, -0.15) is 0 Å². The summed E-state index contributed by atoms with van der Waals surface area (Å²) in [5.41, 5.74) is 0.759. The summed E-state index contributed by atoms with van der Waals surface area (Å²) in [4.78, 5) is -0.00794. The molecule has 0 radical (unpaired) electrons. The van der Waals surface area contributed by atoms with Crippen molar-refractivity contribution in [3.63, 3.8) is 0 Å². The number of hydrogen-bond donors (Lipinski definition) is 1. The molecule has 0 aromatic heterocycles. The zero-order chi connectivity index (χ0) is 19.3. The lowest BCUT2D eigenvalue weighted by atomic mass is 10.1. The number of methoxy groups -OCH3 is 3. The Morgan fingerprint density at radius 3 is 2.15 bits per heavy atom. The van der Waals surface area contributed by atoms with Gasteiger partial charge in [-0.3, -0.25) is 0 Å². The van der Waals surface area contributed by atoms with Crippen molar-refractivity contribution in [3.8, 4) is 17.2 Å². The highest BCUT2D eigenvalue weighted by Gasteiger charge is 2.24. The Bertz CT molecular complexity index is 870. The second-order valence-corrected chi connectivity index (χ2v) is 7.61. The number of benzene rings is 2. The molecule has 2 rings (SSSR count). The van der Waals surface area contributed by atoms with Crippen molar-refractivity contribution in [2.75, 3.05) is 21.3 Å². The van der Waals surface area contributed by atoms with E-state index in [0.29, 0.717) is 22.9 Å². The Hall–Kier alpha value is -1.96. The molecular weight excluding hydrogens is 378 g/mol. The summed E-state index contributed by atoms with van der Waals surface area (Å²) in [6, 6.07) is 9.30. The summed E-state index contributed by atoms with van der Waals surface area (Å²) in [6.07, 6.45) is 0.539. The molecule has 0 saturated carbocycles. The molecule has 26 heavy (non-hydrogen) atoms. The first-order chi connectivity index (χ1) is 12.4. The van der Waals surface area contributed by atoms with Gasteiger partial charge >= 0.3 is 0 Å². The van der Waals surface area contributed by atoms with Crippen LogP contribution in [0.2, 0.25) is 5.02 Å². The average Bonchev–Trinajstić information content (AvgIpc) is 2.65. The molecule has 142 valence electrons. The predicted molar refractivity (Wildman–Crippen MR) is 101 cm³/mol. The molecule has 0 aliphatic rings. The number of sulfonamides is 1. The lowest BCUT2D eigenvalue weighted by Crippen LogP contribution is -2.28. The first-order valence-electron chi connectivity index (χ1n) is 7.94. The maximum Gasteiger partial charge on any atom is 0.244 e. The molecule has 0 aliphatic heterocycles. The molecule has 1 N–H and O–H groups in total. The fraction of sp³-hybridized carbons (Fsp3) is 0.333. The third kappa shape index (κ3) is 4.41. The SMILES string of the molecule is CC[C@H](NS(=O)(=O)c1cc(Cl)ccc1OC)c1ccc(OC)c(OC)c1. The highest BCUT2D eigenvalue weighted by Crippen LogP contribution is 2.33. The van der Waals surface area contributed by atoms with Crippen LogP contribution in [0, 0.1) is 0 Å². The third-order valence-electron chi connectivity index (χ3n) is 3.93. The molecular formula is C18H22ClNO5S. The van der Waals surface area contributed by atoms with Gasteiger partial charge in [0.25, 0.3) is 0 Å². The largest absolute Gasteiger partial charge is 0.495 e. The summed E-state index contributed by atoms with van der Waals surface area (Å²) < 4.78 is 44.1. The van der Waals surface area contributed by atoms with Gasteiger partial charge in [0, 0.05) is 11.1 Å². The van der Waals surface area contributed by atoms with Gasteiger partial charge in [0.15, 0.2) is 11.5 Å². The average molecular weight is 400 g/mol. The number of rotatable bonds is 8. The van der Waals surface area contributed by atoms with Gasteiger partial charge in [-0.1, -0.05) is 24.6 Å². The smallest absolute Gasteiger partial charge is 0.244 e. The van der Waals surface area contributed by atoms with Crippen LogP contribution in [0.3, 0.4) is 0 Å². The van der Waals surface area contributed by atoms with E-state index in [9.17, 15) is 8.42 Å². The van der Waals surface area contributed by atoms with Gasteiger partial charge in [0.2, 0.25) is 10.0 Å². The first-order valence-corrected chi connectivity index (χ1v) is 9.80. The van der Waals surface area contributed by atoms with Crippen LogP contribution in [0.15, 0.2) is 41.3 Å². The van der Waals surface area contributed by atoms with Crippen LogP contribution in [-0.2, 0) is 10.0 Å². The molecule has 0 spiro atoms. The molecule has 6 nitrogen and oxygen atoms in total. The monoisotopic (exact) mass is 399 g/mol. The second kappa shape index (κ2) is 8.62. The molecule has 0 aliphatic carbocycles. The Labute approximate surface area is 159 Å². The van der Waals surface area contributed by atoms with Gasteiger partial charge in [-0.15, -0.1) is 0 Å². The van der Waals surface area contributed by atoms with Gasteiger partial charge in [-0.05, 0) is 42.3 Å². The quantitative estimate of drug-likeness (QED) is 0.730. The van der Waals surface area contributed by atoms with Crippen LogP contribution in [0.25, 0.3) is 0 Å². The highest BCUT2D eigenvalue weighted by atomic mass is 35.5. The number of nitrogens with one attached hydrogen (secondary N) is 1. The highest BCUT2D eigenvalue weighted by molar-refractivity contribution is 7.89. The maximum atomic E-state index is 12.9. The van der Waals surface area contributed by atoms with E-state index < -0.39 is 16.1 Å². The molecule has 8 heteroatoms. The molecule has 0 unspecified atom stereocenters. The summed E-state index contributed by atoms with van der Waals surface area (Å²) >= 11 is 5.96. The minimum absolute atomic E-state index is 0.00794. The van der Waals surface area contributed by atoms with Gasteiger partial charge < -0.3 is 14.2 Å². The van der Waals surface area contributed by atoms with Crippen molar-refractivity contribution in [2.45, 2.75) is 24.3 Å². The Kier molecular flexibility index (Phi) is 6.75. The van der Waals surface area contributed by atoms with E-state index in [-0.39, 0.29) is 10.6 Å². The fourth-order valence-electron chi connectivity index (χ4n) is 2.57. The zero-order valence-corrected chi connectivity index (χ0v) is 16.6. The van der Waals surface area contributed by atoms with E-state index in [4.69, 9.17) is 25.8 Å². The number of ether oxygens (including phenoxy) is 3. The zero-order valence-electron chi connectivity index (χ0n) is 15.1. The lowest BCUT2D eigenvalue weighted by Gasteiger charge is -2.20. The normalized spacial score (nSPS) is 12.5. The number of hydrogen-bond acceptors (Lipinski definition) is 5. The fourth-order valence-corrected chi connectivity index (χ4v) is 4.31. The van der Waals surface area contributed by atoms with Crippen molar-refractivity contribution in [2.24, 2.45) is 0 Å². The lowest BCUT2D eigenvalue weighted by molar-refractivity contribution is 0.354. The number of halogens is 1. The van der Waals surface area contributed by atoms with Gasteiger partial charge in [-0.25, -0.2) is 13.1 Å². The molecule has 1 atom stereocenters. The molecule has 0 saturated heterocycles. The Morgan fingerprint density at radius 1 is 0.962 bits per heavy atom. The molecule has 0 amide bonds. The van der Waals surface area contributed by atoms with Gasteiger partial charge in [0.1, 0.15) is 10.6 Å². The van der Waals surface area contributed by atoms with Crippen LogP contribution < -0.4 is 18.9 Å². The second-order valence-electron chi connectivity index (χ2n) is 5.49. The van der Waals surface area contributed by atoms with Crippen LogP contribution in [0.4, 0.5) is 0 Å². The van der Waals surface area contributed by atoms with Crippen molar-refractivity contribution in [1.29, 1.82) is 0 Å². The first kappa shape index (κ1) is 20.4.